The molecule has 0 saturated carbocycles. The number of rotatable bonds is 4. The second-order valence-corrected chi connectivity index (χ2v) is 3.79. The zero-order valence-corrected chi connectivity index (χ0v) is 9.95. The van der Waals surface area contributed by atoms with Crippen molar-refractivity contribution >= 4 is 5.95 Å². The van der Waals surface area contributed by atoms with E-state index in [4.69, 9.17) is 0 Å². The van der Waals surface area contributed by atoms with Crippen LogP contribution in [-0.4, -0.2) is 16.5 Å². The molecule has 0 fully saturated rings. The van der Waals surface area contributed by atoms with Crippen LogP contribution in [0.4, 0.5) is 14.7 Å². The maximum atomic E-state index is 13.6. The van der Waals surface area contributed by atoms with Gasteiger partial charge in [0.15, 0.2) is 0 Å². The molecule has 0 aliphatic heterocycles. The Labute approximate surface area is 104 Å². The average molecular weight is 249 g/mol. The Morgan fingerprint density at radius 3 is 2.56 bits per heavy atom. The monoisotopic (exact) mass is 249 g/mol. The topological polar surface area (TPSA) is 37.8 Å². The Kier molecular flexibility index (Phi) is 3.82. The van der Waals surface area contributed by atoms with Crippen LogP contribution in [0.15, 0.2) is 30.5 Å². The molecule has 0 aliphatic rings. The minimum absolute atomic E-state index is 0.126. The summed E-state index contributed by atoms with van der Waals surface area (Å²) in [6.07, 6.45) is 2.40. The molecule has 1 aromatic carbocycles. The van der Waals surface area contributed by atoms with Crippen LogP contribution < -0.4 is 5.32 Å². The molecule has 0 amide bonds. The number of hydrogen-bond acceptors (Lipinski definition) is 3. The van der Waals surface area contributed by atoms with E-state index in [0.29, 0.717) is 12.5 Å². The van der Waals surface area contributed by atoms with Crippen LogP contribution in [0.3, 0.4) is 0 Å². The van der Waals surface area contributed by atoms with E-state index in [1.54, 1.807) is 0 Å². The van der Waals surface area contributed by atoms with Crippen molar-refractivity contribution < 1.29 is 8.78 Å². The lowest BCUT2D eigenvalue weighted by molar-refractivity contribution is 0.588. The van der Waals surface area contributed by atoms with Gasteiger partial charge in [0.05, 0.1) is 11.3 Å². The summed E-state index contributed by atoms with van der Waals surface area (Å²) in [4.78, 5) is 8.09. The van der Waals surface area contributed by atoms with Crippen LogP contribution in [0.5, 0.6) is 0 Å². The second kappa shape index (κ2) is 5.53. The minimum Gasteiger partial charge on any atom is -0.354 e. The lowest BCUT2D eigenvalue weighted by atomic mass is 10.1. The molecule has 0 spiro atoms. The third-order valence-electron chi connectivity index (χ3n) is 2.41. The van der Waals surface area contributed by atoms with Gasteiger partial charge >= 0.3 is 0 Å². The number of halogens is 2. The molecule has 2 rings (SSSR count). The van der Waals surface area contributed by atoms with E-state index < -0.39 is 11.6 Å². The van der Waals surface area contributed by atoms with Crippen molar-refractivity contribution in [3.05, 3.63) is 42.1 Å². The Morgan fingerprint density at radius 2 is 1.89 bits per heavy atom. The van der Waals surface area contributed by atoms with Crippen molar-refractivity contribution in [2.75, 3.05) is 11.9 Å². The van der Waals surface area contributed by atoms with E-state index in [1.807, 2.05) is 6.92 Å². The van der Waals surface area contributed by atoms with Crippen molar-refractivity contribution in [3.63, 3.8) is 0 Å². The Bertz CT molecular complexity index is 523. The molecule has 0 unspecified atom stereocenters. The third-order valence-corrected chi connectivity index (χ3v) is 2.41. The Morgan fingerprint density at radius 1 is 1.17 bits per heavy atom. The van der Waals surface area contributed by atoms with Crippen molar-refractivity contribution in [2.45, 2.75) is 13.3 Å². The molecule has 1 N–H and O–H groups in total. The predicted octanol–water partition coefficient (Wildman–Crippen LogP) is 3.24. The predicted molar refractivity (Wildman–Crippen MR) is 66.2 cm³/mol. The van der Waals surface area contributed by atoms with Crippen molar-refractivity contribution in [2.24, 2.45) is 0 Å². The molecule has 18 heavy (non-hydrogen) atoms. The first kappa shape index (κ1) is 12.4. The lowest BCUT2D eigenvalue weighted by Gasteiger charge is -2.07. The van der Waals surface area contributed by atoms with Gasteiger partial charge in [0.1, 0.15) is 11.6 Å². The van der Waals surface area contributed by atoms with Gasteiger partial charge in [-0.2, -0.15) is 0 Å². The molecule has 94 valence electrons. The number of anilines is 1. The number of nitrogens with zero attached hydrogens (tertiary/aromatic N) is 2. The zero-order valence-electron chi connectivity index (χ0n) is 9.95. The highest BCUT2D eigenvalue weighted by Crippen LogP contribution is 2.24. The molecule has 0 atom stereocenters. The van der Waals surface area contributed by atoms with Crippen LogP contribution in [-0.2, 0) is 0 Å². The summed E-state index contributed by atoms with van der Waals surface area (Å²) in [5.74, 6) is -0.887. The van der Waals surface area contributed by atoms with Crippen molar-refractivity contribution in [3.8, 4) is 11.3 Å². The second-order valence-electron chi connectivity index (χ2n) is 3.79. The summed E-state index contributed by atoms with van der Waals surface area (Å²) in [7, 11) is 0. The summed E-state index contributed by atoms with van der Waals surface area (Å²) < 4.78 is 27.2. The number of benzene rings is 1. The van der Waals surface area contributed by atoms with Gasteiger partial charge in [0.2, 0.25) is 5.95 Å². The first-order chi connectivity index (χ1) is 8.72. The van der Waals surface area contributed by atoms with Crippen LogP contribution in [0.2, 0.25) is 0 Å². The molecule has 1 aromatic heterocycles. The highest BCUT2D eigenvalue weighted by atomic mass is 19.1. The van der Waals surface area contributed by atoms with Gasteiger partial charge in [-0.1, -0.05) is 13.0 Å². The Hall–Kier alpha value is -2.04. The van der Waals surface area contributed by atoms with Gasteiger partial charge in [-0.3, -0.25) is 0 Å². The van der Waals surface area contributed by atoms with Crippen molar-refractivity contribution in [1.29, 1.82) is 0 Å². The molecule has 2 aromatic rings. The Balaban J connectivity index is 2.38. The summed E-state index contributed by atoms with van der Waals surface area (Å²) in [5.41, 5.74) is 0.110. The molecule has 5 heteroatoms. The molecule has 0 radical (unpaired) electrons. The van der Waals surface area contributed by atoms with Gasteiger partial charge in [-0.15, -0.1) is 0 Å². The van der Waals surface area contributed by atoms with E-state index in [-0.39, 0.29) is 11.3 Å². The van der Waals surface area contributed by atoms with E-state index in [9.17, 15) is 8.78 Å². The quantitative estimate of drug-likeness (QED) is 0.903. The van der Waals surface area contributed by atoms with Gasteiger partial charge in [0.25, 0.3) is 0 Å². The lowest BCUT2D eigenvalue weighted by Crippen LogP contribution is -2.05. The molecule has 3 nitrogen and oxygen atoms in total. The zero-order chi connectivity index (χ0) is 13.0. The minimum atomic E-state index is -0.629. The van der Waals surface area contributed by atoms with E-state index in [0.717, 1.165) is 6.42 Å². The molecule has 0 saturated heterocycles. The first-order valence-electron chi connectivity index (χ1n) is 5.73. The SMILES string of the molecule is CCCNc1nccc(-c2c(F)cccc2F)n1. The van der Waals surface area contributed by atoms with Gasteiger partial charge < -0.3 is 5.32 Å². The fourth-order valence-electron chi connectivity index (χ4n) is 1.56. The molecule has 0 bridgehead atoms. The van der Waals surface area contributed by atoms with E-state index in [2.05, 4.69) is 15.3 Å². The summed E-state index contributed by atoms with van der Waals surface area (Å²) >= 11 is 0. The number of nitrogens with one attached hydrogen (secondary N) is 1. The average Bonchev–Trinajstić information content (AvgIpc) is 2.37. The molecular formula is C13H13F2N3. The third kappa shape index (κ3) is 2.61. The maximum absolute atomic E-state index is 13.6. The van der Waals surface area contributed by atoms with E-state index >= 15 is 0 Å². The smallest absolute Gasteiger partial charge is 0.223 e. The standard InChI is InChI=1S/C13H13F2N3/c1-2-7-16-13-17-8-6-11(18-13)12-9(14)4-3-5-10(12)15/h3-6,8H,2,7H2,1H3,(H,16,17,18). The van der Waals surface area contributed by atoms with Crippen LogP contribution in [0.1, 0.15) is 13.3 Å². The van der Waals surface area contributed by atoms with E-state index in [1.165, 1.54) is 30.5 Å². The molecule has 1 heterocycles. The molecule has 0 aliphatic carbocycles. The maximum Gasteiger partial charge on any atom is 0.223 e. The summed E-state index contributed by atoms with van der Waals surface area (Å²) in [6.45, 7) is 2.72. The van der Waals surface area contributed by atoms with Crippen LogP contribution in [0.25, 0.3) is 11.3 Å². The first-order valence-corrected chi connectivity index (χ1v) is 5.73. The number of hydrogen-bond donors (Lipinski definition) is 1. The highest BCUT2D eigenvalue weighted by molar-refractivity contribution is 5.61. The van der Waals surface area contributed by atoms with Gasteiger partial charge in [-0.25, -0.2) is 18.7 Å². The van der Waals surface area contributed by atoms with Crippen LogP contribution >= 0.6 is 0 Å². The fourth-order valence-corrected chi connectivity index (χ4v) is 1.56. The summed E-state index contributed by atoms with van der Waals surface area (Å²) in [6, 6.07) is 5.23. The fraction of sp³-hybridized carbons (Fsp3) is 0.231. The number of aromatic nitrogens is 2. The van der Waals surface area contributed by atoms with Gasteiger partial charge in [-0.05, 0) is 24.6 Å². The van der Waals surface area contributed by atoms with Crippen LogP contribution in [0, 0.1) is 11.6 Å². The van der Waals surface area contributed by atoms with Crippen molar-refractivity contribution in [1.82, 2.24) is 9.97 Å². The normalized spacial score (nSPS) is 10.4. The largest absolute Gasteiger partial charge is 0.354 e. The summed E-state index contributed by atoms with van der Waals surface area (Å²) in [5, 5.41) is 2.98. The molecular weight excluding hydrogens is 236 g/mol. The van der Waals surface area contributed by atoms with Gasteiger partial charge in [0, 0.05) is 12.7 Å². The highest BCUT2D eigenvalue weighted by Gasteiger charge is 2.12.